The Hall–Kier alpha value is -3.42. The fourth-order valence-corrected chi connectivity index (χ4v) is 4.02. The van der Waals surface area contributed by atoms with E-state index in [2.05, 4.69) is 20.9 Å². The van der Waals surface area contributed by atoms with Gasteiger partial charge in [-0.2, -0.15) is 0 Å². The number of aromatic hydroxyl groups is 1. The molecule has 0 aliphatic rings. The second kappa shape index (κ2) is 9.60. The number of hydrogen-bond donors (Lipinski definition) is 2. The minimum absolute atomic E-state index is 0.0103. The lowest BCUT2D eigenvalue weighted by Crippen LogP contribution is -2.34. The second-order valence-corrected chi connectivity index (χ2v) is 8.99. The Kier molecular flexibility index (Phi) is 6.62. The zero-order valence-electron chi connectivity index (χ0n) is 18.7. The van der Waals surface area contributed by atoms with Gasteiger partial charge in [-0.25, -0.2) is 4.99 Å². The summed E-state index contributed by atoms with van der Waals surface area (Å²) in [5.74, 6) is 0.0763. The van der Waals surface area contributed by atoms with Gasteiger partial charge in [-0.3, -0.25) is 4.79 Å². The number of benzene rings is 3. The maximum absolute atomic E-state index is 12.4. The molecule has 3 aromatic carbocycles. The second-order valence-electron chi connectivity index (χ2n) is 8.07. The van der Waals surface area contributed by atoms with Crippen molar-refractivity contribution >= 4 is 49.8 Å². The number of anilines is 1. The first-order chi connectivity index (χ1) is 15.8. The van der Waals surface area contributed by atoms with Crippen molar-refractivity contribution in [2.24, 2.45) is 4.99 Å². The molecule has 7 heteroatoms. The number of carbonyl (C=O) groups is 1. The molecule has 1 heterocycles. The van der Waals surface area contributed by atoms with Crippen molar-refractivity contribution in [1.82, 2.24) is 9.88 Å². The lowest BCUT2D eigenvalue weighted by molar-refractivity contribution is -0.118. The molecule has 0 aliphatic heterocycles. The van der Waals surface area contributed by atoms with Crippen LogP contribution in [0.2, 0.25) is 0 Å². The molecule has 0 saturated heterocycles. The van der Waals surface area contributed by atoms with Crippen LogP contribution in [0.1, 0.15) is 11.1 Å². The van der Waals surface area contributed by atoms with E-state index >= 15 is 0 Å². The number of halogens is 1. The molecule has 0 spiro atoms. The molecule has 0 aliphatic carbocycles. The fraction of sp³-hybridized carbons (Fsp3) is 0.154. The number of likely N-dealkylation sites (N-methyl/N-ethyl adjacent to an activating group) is 2. The summed E-state index contributed by atoms with van der Waals surface area (Å²) in [6.07, 6.45) is 0. The van der Waals surface area contributed by atoms with E-state index in [4.69, 9.17) is 4.99 Å². The van der Waals surface area contributed by atoms with Crippen LogP contribution in [-0.2, 0) is 4.79 Å². The number of nitrogens with zero attached hydrogens (tertiary/aromatic N) is 3. The predicted octanol–water partition coefficient (Wildman–Crippen LogP) is 5.33. The number of fused-ring (bicyclic) bond motifs is 1. The summed E-state index contributed by atoms with van der Waals surface area (Å²) < 4.78 is 0.921. The van der Waals surface area contributed by atoms with Crippen molar-refractivity contribution in [3.05, 3.63) is 88.4 Å². The van der Waals surface area contributed by atoms with Crippen molar-refractivity contribution in [2.75, 3.05) is 32.6 Å². The zero-order valence-corrected chi connectivity index (χ0v) is 20.3. The first-order valence-corrected chi connectivity index (χ1v) is 11.3. The normalized spacial score (nSPS) is 11.8. The minimum atomic E-state index is 0.0103. The molecule has 2 N–H and O–H groups in total. The molecule has 6 nitrogen and oxygen atoms in total. The number of hydrogen-bond acceptors (Lipinski definition) is 4. The van der Waals surface area contributed by atoms with Gasteiger partial charge >= 0.3 is 0 Å². The number of aromatic amines is 1. The molecule has 4 rings (SSSR count). The molecule has 1 aromatic heterocycles. The molecule has 0 unspecified atom stereocenters. The summed E-state index contributed by atoms with van der Waals surface area (Å²) in [4.78, 5) is 23.8. The van der Waals surface area contributed by atoms with Crippen LogP contribution in [0.3, 0.4) is 0 Å². The Bertz CT molecular complexity index is 1310. The van der Waals surface area contributed by atoms with Crippen LogP contribution in [0.25, 0.3) is 10.9 Å². The van der Waals surface area contributed by atoms with Crippen LogP contribution in [0.4, 0.5) is 11.4 Å². The van der Waals surface area contributed by atoms with E-state index < -0.39 is 0 Å². The van der Waals surface area contributed by atoms with E-state index in [1.807, 2.05) is 91.8 Å². The molecule has 1 amide bonds. The summed E-state index contributed by atoms with van der Waals surface area (Å²) in [6.45, 7) is 0.338. The zero-order chi connectivity index (χ0) is 23.5. The third-order valence-corrected chi connectivity index (χ3v) is 5.82. The van der Waals surface area contributed by atoms with Gasteiger partial charge in [0.05, 0.1) is 29.0 Å². The van der Waals surface area contributed by atoms with Crippen LogP contribution < -0.4 is 4.90 Å². The first-order valence-electron chi connectivity index (χ1n) is 10.5. The van der Waals surface area contributed by atoms with E-state index in [0.717, 1.165) is 32.3 Å². The number of aromatic nitrogens is 1. The Morgan fingerprint density at radius 3 is 2.36 bits per heavy atom. The van der Waals surface area contributed by atoms with E-state index in [1.165, 1.54) is 0 Å². The number of carbonyl (C=O) groups excluding carboxylic acids is 1. The van der Waals surface area contributed by atoms with Gasteiger partial charge in [0.15, 0.2) is 5.88 Å². The van der Waals surface area contributed by atoms with E-state index in [-0.39, 0.29) is 11.8 Å². The van der Waals surface area contributed by atoms with Crippen molar-refractivity contribution in [3.63, 3.8) is 0 Å². The maximum atomic E-state index is 12.4. The highest BCUT2D eigenvalue weighted by Crippen LogP contribution is 2.33. The topological polar surface area (TPSA) is 71.9 Å². The van der Waals surface area contributed by atoms with Crippen LogP contribution in [0.5, 0.6) is 5.88 Å². The molecule has 33 heavy (non-hydrogen) atoms. The molecule has 4 aromatic rings. The number of rotatable bonds is 6. The molecule has 0 fully saturated rings. The number of aliphatic imine (C=N–C) groups is 1. The Balaban J connectivity index is 1.77. The van der Waals surface area contributed by atoms with Crippen molar-refractivity contribution in [3.8, 4) is 5.88 Å². The Labute approximate surface area is 201 Å². The summed E-state index contributed by atoms with van der Waals surface area (Å²) >= 11 is 3.48. The number of amides is 1. The molecule has 0 radical (unpaired) electrons. The van der Waals surface area contributed by atoms with E-state index in [9.17, 15) is 9.90 Å². The fourth-order valence-electron chi connectivity index (χ4n) is 3.66. The lowest BCUT2D eigenvalue weighted by Gasteiger charge is -2.19. The van der Waals surface area contributed by atoms with Gasteiger partial charge < -0.3 is 19.9 Å². The maximum Gasteiger partial charge on any atom is 0.240 e. The molecule has 0 bridgehead atoms. The van der Waals surface area contributed by atoms with E-state index in [1.54, 1.807) is 11.9 Å². The molecular weight excluding hydrogens is 480 g/mol. The summed E-state index contributed by atoms with van der Waals surface area (Å²) in [6, 6.07) is 23.1. The Morgan fingerprint density at radius 2 is 1.70 bits per heavy atom. The van der Waals surface area contributed by atoms with Crippen LogP contribution >= 0.6 is 15.9 Å². The molecule has 0 saturated carbocycles. The van der Waals surface area contributed by atoms with Gasteiger partial charge in [-0.15, -0.1) is 0 Å². The third-order valence-electron chi connectivity index (χ3n) is 5.33. The summed E-state index contributed by atoms with van der Waals surface area (Å²) in [5.41, 5.74) is 4.52. The average Bonchev–Trinajstić information content (AvgIpc) is 3.12. The van der Waals surface area contributed by atoms with Crippen LogP contribution in [-0.4, -0.2) is 54.3 Å². The minimum Gasteiger partial charge on any atom is -0.494 e. The van der Waals surface area contributed by atoms with Gasteiger partial charge in [-0.05, 0) is 50.5 Å². The smallest absolute Gasteiger partial charge is 0.240 e. The monoisotopic (exact) mass is 504 g/mol. The molecule has 168 valence electrons. The average molecular weight is 505 g/mol. The van der Waals surface area contributed by atoms with Gasteiger partial charge in [-0.1, -0.05) is 52.3 Å². The van der Waals surface area contributed by atoms with E-state index in [0.29, 0.717) is 17.8 Å². The highest BCUT2D eigenvalue weighted by atomic mass is 79.9. The SMILES string of the molecule is CN(C)CC(=O)N(C)c1ccc(N=C(c2ccccc2)c2c(O)[nH]c3cc(Br)ccc23)cc1. The van der Waals surface area contributed by atoms with Crippen molar-refractivity contribution in [2.45, 2.75) is 0 Å². The van der Waals surface area contributed by atoms with Gasteiger partial charge in [0.25, 0.3) is 0 Å². The number of H-pyrrole nitrogens is 1. The highest BCUT2D eigenvalue weighted by Gasteiger charge is 2.19. The lowest BCUT2D eigenvalue weighted by atomic mass is 10.0. The summed E-state index contributed by atoms with van der Waals surface area (Å²) in [7, 11) is 5.50. The third kappa shape index (κ3) is 4.99. The quantitative estimate of drug-likeness (QED) is 0.348. The highest BCUT2D eigenvalue weighted by molar-refractivity contribution is 9.10. The standard InChI is InChI=1S/C26H25BrN4O2/c1-30(2)16-23(32)31(3)20-12-10-19(11-13-20)28-25(17-7-5-4-6-8-17)24-21-14-9-18(27)15-22(21)29-26(24)33/h4-15,29,33H,16H2,1-3H3. The molecular formula is C26H25BrN4O2. The van der Waals surface area contributed by atoms with Crippen molar-refractivity contribution < 1.29 is 9.90 Å². The Morgan fingerprint density at radius 1 is 1.00 bits per heavy atom. The number of nitrogens with one attached hydrogen (secondary N) is 1. The van der Waals surface area contributed by atoms with Crippen LogP contribution in [0, 0.1) is 0 Å². The van der Waals surface area contributed by atoms with Gasteiger partial charge in [0, 0.05) is 28.2 Å². The predicted molar refractivity (Wildman–Crippen MR) is 138 cm³/mol. The summed E-state index contributed by atoms with van der Waals surface area (Å²) in [5, 5.41) is 11.7. The van der Waals surface area contributed by atoms with Crippen molar-refractivity contribution in [1.29, 1.82) is 0 Å². The van der Waals surface area contributed by atoms with Crippen LogP contribution in [0.15, 0.2) is 82.3 Å². The van der Waals surface area contributed by atoms with Gasteiger partial charge in [0.1, 0.15) is 0 Å². The first kappa shape index (κ1) is 22.8. The largest absolute Gasteiger partial charge is 0.494 e. The molecule has 0 atom stereocenters. The van der Waals surface area contributed by atoms with Gasteiger partial charge in [0.2, 0.25) is 5.91 Å².